The van der Waals surface area contributed by atoms with Crippen molar-refractivity contribution in [1.82, 2.24) is 19.4 Å². The average Bonchev–Trinajstić information content (AvgIpc) is 2.96. The molecule has 1 N–H and O–H groups in total. The summed E-state index contributed by atoms with van der Waals surface area (Å²) in [6.45, 7) is 3.02. The number of nitrogens with zero attached hydrogens (tertiary/aromatic N) is 4. The number of carbonyl (C=O) groups excluding carboxylic acids is 1. The van der Waals surface area contributed by atoms with Gasteiger partial charge in [-0.2, -0.15) is 0 Å². The minimum absolute atomic E-state index is 0.0687. The first-order chi connectivity index (χ1) is 11.5. The van der Waals surface area contributed by atoms with Gasteiger partial charge in [0.05, 0.1) is 11.7 Å². The molecule has 0 spiro atoms. The van der Waals surface area contributed by atoms with Crippen LogP contribution in [0.2, 0.25) is 0 Å². The molecular weight excluding hydrogens is 308 g/mol. The van der Waals surface area contributed by atoms with Gasteiger partial charge < -0.3 is 19.5 Å². The van der Waals surface area contributed by atoms with Crippen LogP contribution in [-0.2, 0) is 16.1 Å². The van der Waals surface area contributed by atoms with E-state index in [9.17, 15) is 14.7 Å². The van der Waals surface area contributed by atoms with Crippen molar-refractivity contribution in [3.8, 4) is 0 Å². The largest absolute Gasteiger partial charge is 0.481 e. The topological polar surface area (TPSA) is 78.7 Å². The van der Waals surface area contributed by atoms with E-state index in [4.69, 9.17) is 0 Å². The zero-order valence-electron chi connectivity index (χ0n) is 14.0. The Balaban J connectivity index is 1.53. The van der Waals surface area contributed by atoms with Gasteiger partial charge in [0.15, 0.2) is 0 Å². The summed E-state index contributed by atoms with van der Waals surface area (Å²) >= 11 is 0. The zero-order valence-corrected chi connectivity index (χ0v) is 14.0. The van der Waals surface area contributed by atoms with Crippen molar-refractivity contribution in [3.63, 3.8) is 0 Å². The van der Waals surface area contributed by atoms with Crippen LogP contribution in [0.5, 0.6) is 0 Å². The van der Waals surface area contributed by atoms with E-state index in [1.807, 2.05) is 22.7 Å². The van der Waals surface area contributed by atoms with Crippen LogP contribution >= 0.6 is 0 Å². The number of carboxylic acid groups (broad SMARTS) is 1. The fraction of sp³-hybridized carbons (Fsp3) is 0.706. The highest BCUT2D eigenvalue weighted by Gasteiger charge is 2.59. The summed E-state index contributed by atoms with van der Waals surface area (Å²) < 4.78 is 1.95. The summed E-state index contributed by atoms with van der Waals surface area (Å²) in [5.41, 5.74) is -1.15. The van der Waals surface area contributed by atoms with Crippen molar-refractivity contribution in [3.05, 3.63) is 18.7 Å². The summed E-state index contributed by atoms with van der Waals surface area (Å²) in [4.78, 5) is 33.1. The maximum absolute atomic E-state index is 13.1. The molecule has 2 saturated heterocycles. The lowest BCUT2D eigenvalue weighted by Gasteiger charge is -2.39. The molecule has 24 heavy (non-hydrogen) atoms. The van der Waals surface area contributed by atoms with Crippen molar-refractivity contribution in [2.45, 2.75) is 25.8 Å². The molecule has 3 fully saturated rings. The Kier molecular flexibility index (Phi) is 3.46. The van der Waals surface area contributed by atoms with Gasteiger partial charge in [0.25, 0.3) is 0 Å². The predicted octanol–water partition coefficient (Wildman–Crippen LogP) is 0.528. The average molecular weight is 332 g/mol. The summed E-state index contributed by atoms with van der Waals surface area (Å²) in [5.74, 6) is -0.554. The number of aromatic nitrogens is 2. The number of amides is 1. The quantitative estimate of drug-likeness (QED) is 0.870. The second-order valence-electron chi connectivity index (χ2n) is 7.89. The Labute approximate surface area is 141 Å². The Morgan fingerprint density at radius 3 is 2.75 bits per heavy atom. The number of piperidine rings is 1. The molecule has 1 aromatic rings. The second kappa shape index (κ2) is 5.31. The molecule has 1 saturated carbocycles. The minimum atomic E-state index is -0.798. The summed E-state index contributed by atoms with van der Waals surface area (Å²) in [6.07, 6.45) is 7.95. The molecule has 130 valence electrons. The summed E-state index contributed by atoms with van der Waals surface area (Å²) in [5, 5.41) is 9.87. The fourth-order valence-corrected chi connectivity index (χ4v) is 4.58. The third-order valence-electron chi connectivity index (χ3n) is 6.17. The number of fused-ring (bicyclic) bond motifs is 1. The monoisotopic (exact) mass is 332 g/mol. The van der Waals surface area contributed by atoms with E-state index in [2.05, 4.69) is 9.88 Å². The van der Waals surface area contributed by atoms with Crippen LogP contribution in [0.15, 0.2) is 18.7 Å². The number of hydrogen-bond donors (Lipinski definition) is 1. The lowest BCUT2D eigenvalue weighted by Crippen LogP contribution is -2.52. The van der Waals surface area contributed by atoms with Crippen LogP contribution in [0.4, 0.5) is 0 Å². The predicted molar refractivity (Wildman–Crippen MR) is 86.1 cm³/mol. The van der Waals surface area contributed by atoms with E-state index in [-0.39, 0.29) is 17.2 Å². The van der Waals surface area contributed by atoms with E-state index >= 15 is 0 Å². The van der Waals surface area contributed by atoms with Gasteiger partial charge in [-0.15, -0.1) is 0 Å². The number of carbonyl (C=O) groups is 2. The van der Waals surface area contributed by atoms with Crippen molar-refractivity contribution >= 4 is 11.9 Å². The number of hydrogen-bond acceptors (Lipinski definition) is 4. The Morgan fingerprint density at radius 1 is 1.33 bits per heavy atom. The van der Waals surface area contributed by atoms with Crippen LogP contribution in [0.1, 0.15) is 19.3 Å². The van der Waals surface area contributed by atoms with Crippen molar-refractivity contribution in [1.29, 1.82) is 0 Å². The third-order valence-corrected chi connectivity index (χ3v) is 6.17. The van der Waals surface area contributed by atoms with Gasteiger partial charge in [-0.25, -0.2) is 4.98 Å². The zero-order chi connectivity index (χ0) is 16.9. The van der Waals surface area contributed by atoms with Crippen molar-refractivity contribution in [2.75, 3.05) is 33.2 Å². The molecule has 7 heteroatoms. The molecule has 7 nitrogen and oxygen atoms in total. The van der Waals surface area contributed by atoms with Gasteiger partial charge in [-0.05, 0) is 38.8 Å². The normalized spacial score (nSPS) is 31.7. The van der Waals surface area contributed by atoms with Gasteiger partial charge >= 0.3 is 5.97 Å². The number of rotatable bonds is 4. The number of carboxylic acids is 1. The first-order valence-electron chi connectivity index (χ1n) is 8.62. The highest BCUT2D eigenvalue weighted by Crippen LogP contribution is 2.51. The molecule has 1 amide bonds. The minimum Gasteiger partial charge on any atom is -0.481 e. The maximum atomic E-state index is 13.1. The van der Waals surface area contributed by atoms with Gasteiger partial charge in [0.1, 0.15) is 5.41 Å². The summed E-state index contributed by atoms with van der Waals surface area (Å²) in [7, 11) is 1.97. The standard InChI is InChI=1S/C17H24N4O3/c1-19-6-2-13-8-21(11-17(13,10-19)15(23)24)14(22)16(3-4-16)9-20-7-5-18-12-20/h5,7,12-13H,2-4,6,8-11H2,1H3,(H,23,24). The lowest BCUT2D eigenvalue weighted by atomic mass is 9.73. The Hall–Kier alpha value is -1.89. The second-order valence-corrected chi connectivity index (χ2v) is 7.89. The maximum Gasteiger partial charge on any atom is 0.313 e. The van der Waals surface area contributed by atoms with Crippen LogP contribution < -0.4 is 0 Å². The number of aliphatic carboxylic acids is 1. The Morgan fingerprint density at radius 2 is 2.12 bits per heavy atom. The van der Waals surface area contributed by atoms with E-state index in [0.717, 1.165) is 25.8 Å². The van der Waals surface area contributed by atoms with Gasteiger partial charge in [-0.1, -0.05) is 0 Å². The molecule has 2 aliphatic heterocycles. The number of likely N-dealkylation sites (tertiary alicyclic amines) is 2. The fourth-order valence-electron chi connectivity index (χ4n) is 4.58. The van der Waals surface area contributed by atoms with E-state index in [1.54, 1.807) is 12.5 Å². The van der Waals surface area contributed by atoms with E-state index in [0.29, 0.717) is 26.2 Å². The molecule has 2 atom stereocenters. The SMILES string of the molecule is CN1CCC2CN(C(=O)C3(Cn4ccnc4)CC3)CC2(C(=O)O)C1. The van der Waals surface area contributed by atoms with Crippen LogP contribution in [0.25, 0.3) is 0 Å². The van der Waals surface area contributed by atoms with Gasteiger partial charge in [0.2, 0.25) is 5.91 Å². The molecule has 4 rings (SSSR count). The molecule has 0 bridgehead atoms. The van der Waals surface area contributed by atoms with Gasteiger partial charge in [0, 0.05) is 38.6 Å². The van der Waals surface area contributed by atoms with Gasteiger partial charge in [-0.3, -0.25) is 9.59 Å². The molecule has 0 radical (unpaired) electrons. The van der Waals surface area contributed by atoms with Crippen LogP contribution in [0.3, 0.4) is 0 Å². The first-order valence-corrected chi connectivity index (χ1v) is 8.62. The number of imidazole rings is 1. The summed E-state index contributed by atoms with van der Waals surface area (Å²) in [6, 6.07) is 0. The third kappa shape index (κ3) is 2.33. The van der Waals surface area contributed by atoms with E-state index in [1.165, 1.54) is 0 Å². The first kappa shape index (κ1) is 15.6. The lowest BCUT2D eigenvalue weighted by molar-refractivity contribution is -0.154. The van der Waals surface area contributed by atoms with Crippen LogP contribution in [0, 0.1) is 16.7 Å². The Bertz CT molecular complexity index is 655. The molecule has 1 aromatic heterocycles. The molecular formula is C17H24N4O3. The van der Waals surface area contributed by atoms with Crippen LogP contribution in [-0.4, -0.2) is 69.6 Å². The molecule has 2 unspecified atom stereocenters. The van der Waals surface area contributed by atoms with Crippen molar-refractivity contribution < 1.29 is 14.7 Å². The molecule has 0 aromatic carbocycles. The molecule has 1 aliphatic carbocycles. The van der Waals surface area contributed by atoms with Crippen molar-refractivity contribution in [2.24, 2.45) is 16.7 Å². The smallest absolute Gasteiger partial charge is 0.313 e. The highest BCUT2D eigenvalue weighted by atomic mass is 16.4. The molecule has 3 aliphatic rings. The van der Waals surface area contributed by atoms with E-state index < -0.39 is 11.4 Å². The molecule has 3 heterocycles. The highest BCUT2D eigenvalue weighted by molar-refractivity contribution is 5.87.